The third-order valence-electron chi connectivity index (χ3n) is 5.50. The molecule has 3 rings (SSSR count). The first kappa shape index (κ1) is 20.6. The molecule has 1 atom stereocenters. The first-order valence-corrected chi connectivity index (χ1v) is 10.3. The highest BCUT2D eigenvalue weighted by atomic mass is 16.6. The highest BCUT2D eigenvalue weighted by Gasteiger charge is 2.45. The molecule has 28 heavy (non-hydrogen) atoms. The van der Waals surface area contributed by atoms with Crippen LogP contribution in [0.15, 0.2) is 60.7 Å². The number of rotatable bonds is 8. The molecule has 0 aromatic heterocycles. The van der Waals surface area contributed by atoms with Gasteiger partial charge in [0.2, 0.25) is 5.60 Å². The van der Waals surface area contributed by atoms with Gasteiger partial charge in [0.05, 0.1) is 0 Å². The van der Waals surface area contributed by atoms with E-state index in [2.05, 4.69) is 18.7 Å². The van der Waals surface area contributed by atoms with E-state index in [0.29, 0.717) is 19.3 Å². The van der Waals surface area contributed by atoms with Gasteiger partial charge in [-0.2, -0.15) is 0 Å². The molecule has 0 aliphatic carbocycles. The maximum Gasteiger partial charge on any atom is 0.347 e. The van der Waals surface area contributed by atoms with Gasteiger partial charge in [-0.25, -0.2) is 4.79 Å². The van der Waals surface area contributed by atoms with Crippen LogP contribution in [0.3, 0.4) is 0 Å². The Kier molecular flexibility index (Phi) is 6.87. The summed E-state index contributed by atoms with van der Waals surface area (Å²) in [6.07, 6.45) is 2.21. The third-order valence-corrected chi connectivity index (χ3v) is 5.50. The average molecular weight is 382 g/mol. The number of carbonyl (C=O) groups excluding carboxylic acids is 1. The summed E-state index contributed by atoms with van der Waals surface area (Å²) in [4.78, 5) is 15.9. The molecule has 0 saturated carbocycles. The number of esters is 1. The van der Waals surface area contributed by atoms with Gasteiger partial charge in [0.25, 0.3) is 0 Å². The molecule has 0 bridgehead atoms. The highest BCUT2D eigenvalue weighted by molar-refractivity contribution is 5.86. The van der Waals surface area contributed by atoms with E-state index in [1.807, 2.05) is 67.6 Å². The SMILES string of the molecule is CCOC(C(=O)OCC1CCCN1C(C)C)(c1ccccc1)c1ccccc1. The standard InChI is InChI=1S/C24H31NO3/c1-4-28-24(20-12-7-5-8-13-20,21-14-9-6-10-15-21)23(26)27-18-22-16-11-17-25(22)19(2)3/h5-10,12-15,19,22H,4,11,16-18H2,1-3H3. The van der Waals surface area contributed by atoms with Gasteiger partial charge in [-0.05, 0) is 51.3 Å². The summed E-state index contributed by atoms with van der Waals surface area (Å²) in [5, 5.41) is 0. The van der Waals surface area contributed by atoms with E-state index >= 15 is 0 Å². The maximum atomic E-state index is 13.5. The van der Waals surface area contributed by atoms with E-state index in [-0.39, 0.29) is 12.0 Å². The molecule has 1 unspecified atom stereocenters. The summed E-state index contributed by atoms with van der Waals surface area (Å²) in [5.74, 6) is -0.345. The Morgan fingerprint density at radius 3 is 2.14 bits per heavy atom. The fourth-order valence-corrected chi connectivity index (χ4v) is 4.18. The summed E-state index contributed by atoms with van der Waals surface area (Å²) in [5.41, 5.74) is 0.332. The van der Waals surface area contributed by atoms with Crippen molar-refractivity contribution in [3.63, 3.8) is 0 Å². The van der Waals surface area contributed by atoms with E-state index in [4.69, 9.17) is 9.47 Å². The normalized spacial score (nSPS) is 17.8. The lowest BCUT2D eigenvalue weighted by Gasteiger charge is -2.34. The summed E-state index contributed by atoms with van der Waals surface area (Å²) >= 11 is 0. The van der Waals surface area contributed by atoms with Crippen LogP contribution in [-0.4, -0.2) is 42.7 Å². The van der Waals surface area contributed by atoms with Crippen LogP contribution in [0.1, 0.15) is 44.7 Å². The molecule has 0 amide bonds. The first-order chi connectivity index (χ1) is 13.6. The van der Waals surface area contributed by atoms with Crippen LogP contribution in [-0.2, 0) is 19.9 Å². The number of hydrogen-bond acceptors (Lipinski definition) is 4. The average Bonchev–Trinajstić information content (AvgIpc) is 3.20. The number of hydrogen-bond donors (Lipinski definition) is 0. The predicted molar refractivity (Wildman–Crippen MR) is 111 cm³/mol. The number of carbonyl (C=O) groups is 1. The monoisotopic (exact) mass is 381 g/mol. The van der Waals surface area contributed by atoms with Crippen molar-refractivity contribution in [2.45, 2.75) is 51.3 Å². The van der Waals surface area contributed by atoms with Crippen LogP contribution in [0.2, 0.25) is 0 Å². The third kappa shape index (κ3) is 4.13. The van der Waals surface area contributed by atoms with Gasteiger partial charge >= 0.3 is 5.97 Å². The van der Waals surface area contributed by atoms with Crippen molar-refractivity contribution in [3.8, 4) is 0 Å². The molecule has 0 radical (unpaired) electrons. The van der Waals surface area contributed by atoms with Crippen molar-refractivity contribution in [3.05, 3.63) is 71.8 Å². The second-order valence-electron chi connectivity index (χ2n) is 7.57. The Balaban J connectivity index is 1.91. The van der Waals surface area contributed by atoms with E-state index in [0.717, 1.165) is 30.5 Å². The van der Waals surface area contributed by atoms with Crippen molar-refractivity contribution in [2.75, 3.05) is 19.8 Å². The Labute approximate surface area is 168 Å². The van der Waals surface area contributed by atoms with E-state index in [1.165, 1.54) is 0 Å². The van der Waals surface area contributed by atoms with Crippen LogP contribution in [0.25, 0.3) is 0 Å². The van der Waals surface area contributed by atoms with Gasteiger partial charge in [-0.15, -0.1) is 0 Å². The molecule has 1 aliphatic rings. The summed E-state index contributed by atoms with van der Waals surface area (Å²) < 4.78 is 12.1. The number of ether oxygens (including phenoxy) is 2. The van der Waals surface area contributed by atoms with Gasteiger partial charge in [-0.3, -0.25) is 4.90 Å². The first-order valence-electron chi connectivity index (χ1n) is 10.3. The molecule has 0 spiro atoms. The molecular formula is C24H31NO3. The lowest BCUT2D eigenvalue weighted by molar-refractivity contribution is -0.170. The topological polar surface area (TPSA) is 38.8 Å². The zero-order valence-corrected chi connectivity index (χ0v) is 17.1. The van der Waals surface area contributed by atoms with Crippen molar-refractivity contribution >= 4 is 5.97 Å². The lowest BCUT2D eigenvalue weighted by Crippen LogP contribution is -2.44. The molecule has 1 heterocycles. The Bertz CT molecular complexity index is 705. The number of nitrogens with zero attached hydrogens (tertiary/aromatic N) is 1. The Morgan fingerprint density at radius 2 is 1.64 bits per heavy atom. The maximum absolute atomic E-state index is 13.5. The molecule has 1 fully saturated rings. The highest BCUT2D eigenvalue weighted by Crippen LogP contribution is 2.35. The molecule has 4 nitrogen and oxygen atoms in total. The van der Waals surface area contributed by atoms with E-state index in [1.54, 1.807) is 0 Å². The predicted octanol–water partition coefficient (Wildman–Crippen LogP) is 4.38. The van der Waals surface area contributed by atoms with Gasteiger partial charge in [0, 0.05) is 18.7 Å². The van der Waals surface area contributed by atoms with Crippen LogP contribution in [0.5, 0.6) is 0 Å². The quantitative estimate of drug-likeness (QED) is 0.636. The minimum absolute atomic E-state index is 0.273. The summed E-state index contributed by atoms with van der Waals surface area (Å²) in [6.45, 7) is 8.16. The molecule has 150 valence electrons. The van der Waals surface area contributed by atoms with Crippen molar-refractivity contribution in [1.82, 2.24) is 4.90 Å². The van der Waals surface area contributed by atoms with E-state index < -0.39 is 5.60 Å². The van der Waals surface area contributed by atoms with Crippen LogP contribution in [0, 0.1) is 0 Å². The largest absolute Gasteiger partial charge is 0.461 e. The van der Waals surface area contributed by atoms with Gasteiger partial charge in [-0.1, -0.05) is 60.7 Å². The molecule has 2 aromatic rings. The van der Waals surface area contributed by atoms with Crippen molar-refractivity contribution in [1.29, 1.82) is 0 Å². The number of likely N-dealkylation sites (tertiary alicyclic amines) is 1. The van der Waals surface area contributed by atoms with Gasteiger partial charge in [0.1, 0.15) is 6.61 Å². The summed E-state index contributed by atoms with van der Waals surface area (Å²) in [7, 11) is 0. The van der Waals surface area contributed by atoms with Crippen molar-refractivity contribution in [2.24, 2.45) is 0 Å². The fraction of sp³-hybridized carbons (Fsp3) is 0.458. The van der Waals surface area contributed by atoms with Crippen LogP contribution < -0.4 is 0 Å². The number of benzene rings is 2. The molecule has 4 heteroatoms. The van der Waals surface area contributed by atoms with Crippen LogP contribution in [0.4, 0.5) is 0 Å². The second kappa shape index (κ2) is 9.35. The lowest BCUT2D eigenvalue weighted by atomic mass is 9.86. The Hall–Kier alpha value is -2.17. The smallest absolute Gasteiger partial charge is 0.347 e. The molecular weight excluding hydrogens is 350 g/mol. The van der Waals surface area contributed by atoms with E-state index in [9.17, 15) is 4.79 Å². The Morgan fingerprint density at radius 1 is 1.07 bits per heavy atom. The minimum atomic E-state index is -1.25. The van der Waals surface area contributed by atoms with Crippen LogP contribution >= 0.6 is 0 Å². The molecule has 1 aliphatic heterocycles. The minimum Gasteiger partial charge on any atom is -0.461 e. The molecule has 0 N–H and O–H groups in total. The van der Waals surface area contributed by atoms with Gasteiger partial charge in [0.15, 0.2) is 0 Å². The molecule has 1 saturated heterocycles. The fourth-order valence-electron chi connectivity index (χ4n) is 4.18. The zero-order chi connectivity index (χ0) is 20.0. The van der Waals surface area contributed by atoms with Crippen molar-refractivity contribution < 1.29 is 14.3 Å². The van der Waals surface area contributed by atoms with Gasteiger partial charge < -0.3 is 9.47 Å². The molecule has 2 aromatic carbocycles. The zero-order valence-electron chi connectivity index (χ0n) is 17.1. The summed E-state index contributed by atoms with van der Waals surface area (Å²) in [6, 6.07) is 20.0. The second-order valence-corrected chi connectivity index (χ2v) is 7.57.